The largest absolute Gasteiger partial charge is 0.455 e. The third-order valence-electron chi connectivity index (χ3n) is 14.0. The van der Waals surface area contributed by atoms with Crippen molar-refractivity contribution in [2.24, 2.45) is 11.8 Å². The molecule has 2 aliphatic carbocycles. The number of hydrogen-bond acceptors (Lipinski definition) is 4. The minimum Gasteiger partial charge on any atom is -0.455 e. The molecular formula is C56H74O4. The summed E-state index contributed by atoms with van der Waals surface area (Å²) in [5.41, 5.74) is 8.28. The molecule has 2 atom stereocenters. The molecule has 4 aromatic rings. The van der Waals surface area contributed by atoms with Gasteiger partial charge in [0.05, 0.1) is 11.1 Å². The lowest BCUT2D eigenvalue weighted by Crippen LogP contribution is -2.30. The number of carbonyl (C=O) groups excluding carboxylic acids is 2. The van der Waals surface area contributed by atoms with Crippen LogP contribution in [0.3, 0.4) is 0 Å². The second-order valence-corrected chi connectivity index (χ2v) is 18.5. The highest BCUT2D eigenvalue weighted by Crippen LogP contribution is 2.40. The fraction of sp³-hybridized carbons (Fsp3) is 0.536. The van der Waals surface area contributed by atoms with Crippen molar-refractivity contribution in [3.8, 4) is 22.3 Å². The molecule has 0 spiro atoms. The normalized spacial score (nSPS) is 20.3. The molecule has 4 heteroatoms. The monoisotopic (exact) mass is 811 g/mol. The molecule has 6 rings (SSSR count). The number of unbranched alkanes of at least 4 members (excludes halogenated alkanes) is 8. The Morgan fingerprint density at radius 1 is 0.433 bits per heavy atom. The van der Waals surface area contributed by atoms with Gasteiger partial charge in [-0.15, -0.1) is 0 Å². The second kappa shape index (κ2) is 23.7. The standard InChI is InChI=1S/C56H74O4/c1-5-7-9-11-13-15-43-17-21-45(22-18-43)47-25-29-49(30-26-47)51-33-37-53(38-34-51)55(57)59-41(3)42(4)60-56(58)54-39-35-52(36-40-54)50-31-27-48(28-32-50)46-23-19-44(20-24-46)16-14-12-10-8-6-2/h25-46H,5-24H2,1-4H3. The quantitative estimate of drug-likeness (QED) is 0.0621. The fourth-order valence-electron chi connectivity index (χ4n) is 9.80. The average Bonchev–Trinajstić information content (AvgIpc) is 3.29. The van der Waals surface area contributed by atoms with Gasteiger partial charge in [-0.1, -0.05) is 164 Å². The summed E-state index contributed by atoms with van der Waals surface area (Å²) in [7, 11) is 0. The van der Waals surface area contributed by atoms with Crippen LogP contribution >= 0.6 is 0 Å². The first-order chi connectivity index (χ1) is 29.3. The van der Waals surface area contributed by atoms with Crippen LogP contribution in [0, 0.1) is 11.8 Å². The molecule has 0 aromatic heterocycles. The van der Waals surface area contributed by atoms with E-state index in [1.807, 2.05) is 48.5 Å². The molecule has 2 saturated carbocycles. The number of rotatable bonds is 21. The van der Waals surface area contributed by atoms with Gasteiger partial charge in [0.15, 0.2) is 0 Å². The Kier molecular flexibility index (Phi) is 17.9. The van der Waals surface area contributed by atoms with E-state index in [2.05, 4.69) is 62.4 Å². The minimum absolute atomic E-state index is 0.430. The maximum absolute atomic E-state index is 13.1. The van der Waals surface area contributed by atoms with Crippen molar-refractivity contribution in [1.29, 1.82) is 0 Å². The van der Waals surface area contributed by atoms with Gasteiger partial charge in [-0.25, -0.2) is 9.59 Å². The maximum atomic E-state index is 13.1. The molecule has 4 aromatic carbocycles. The van der Waals surface area contributed by atoms with Crippen LogP contribution < -0.4 is 0 Å². The Morgan fingerprint density at radius 3 is 1.05 bits per heavy atom. The highest BCUT2D eigenvalue weighted by atomic mass is 16.6. The fourth-order valence-corrected chi connectivity index (χ4v) is 9.80. The Labute approximate surface area is 363 Å². The molecule has 60 heavy (non-hydrogen) atoms. The molecule has 0 heterocycles. The van der Waals surface area contributed by atoms with Crippen LogP contribution in [0.5, 0.6) is 0 Å². The zero-order valence-corrected chi connectivity index (χ0v) is 37.5. The Bertz CT molecular complexity index is 1700. The van der Waals surface area contributed by atoms with Gasteiger partial charge in [-0.3, -0.25) is 0 Å². The Hall–Kier alpha value is -4.18. The Balaban J connectivity index is 0.908. The van der Waals surface area contributed by atoms with E-state index in [0.717, 1.165) is 34.1 Å². The summed E-state index contributed by atoms with van der Waals surface area (Å²) in [5.74, 6) is 2.30. The van der Waals surface area contributed by atoms with Gasteiger partial charge >= 0.3 is 11.9 Å². The van der Waals surface area contributed by atoms with Crippen molar-refractivity contribution in [3.05, 3.63) is 119 Å². The van der Waals surface area contributed by atoms with Gasteiger partial charge in [0, 0.05) is 0 Å². The summed E-state index contributed by atoms with van der Waals surface area (Å²) in [6.45, 7) is 8.10. The molecule has 2 aliphatic rings. The lowest BCUT2D eigenvalue weighted by atomic mass is 9.77. The van der Waals surface area contributed by atoms with Crippen molar-refractivity contribution < 1.29 is 19.1 Å². The third-order valence-corrected chi connectivity index (χ3v) is 14.0. The van der Waals surface area contributed by atoms with Gasteiger partial charge in [-0.2, -0.15) is 0 Å². The highest BCUT2D eigenvalue weighted by Gasteiger charge is 2.25. The zero-order chi connectivity index (χ0) is 42.1. The van der Waals surface area contributed by atoms with E-state index in [-0.39, 0.29) is 0 Å². The third kappa shape index (κ3) is 13.4. The molecule has 4 nitrogen and oxygen atoms in total. The van der Waals surface area contributed by atoms with Crippen molar-refractivity contribution in [2.75, 3.05) is 0 Å². The molecular weight excluding hydrogens is 737 g/mol. The SMILES string of the molecule is CCCCCCCC1CCC(c2ccc(-c3ccc(C(=O)OC(C)C(C)OC(=O)c4ccc(-c5ccc(C6CCC(CCCCCCC)CC6)cc5)cc4)cc3)cc2)CC1. The first-order valence-corrected chi connectivity index (χ1v) is 24.1. The molecule has 2 fully saturated rings. The first-order valence-electron chi connectivity index (χ1n) is 24.1. The van der Waals surface area contributed by atoms with Gasteiger partial charge in [-0.05, 0) is 147 Å². The van der Waals surface area contributed by atoms with E-state index in [1.54, 1.807) is 13.8 Å². The van der Waals surface area contributed by atoms with Crippen molar-refractivity contribution in [3.63, 3.8) is 0 Å². The van der Waals surface area contributed by atoms with Gasteiger partial charge in [0.25, 0.3) is 0 Å². The number of esters is 2. The molecule has 0 radical (unpaired) electrons. The summed E-state index contributed by atoms with van der Waals surface area (Å²) in [6, 6.07) is 33.2. The summed E-state index contributed by atoms with van der Waals surface area (Å²) < 4.78 is 11.5. The predicted molar refractivity (Wildman–Crippen MR) is 250 cm³/mol. The maximum Gasteiger partial charge on any atom is 0.338 e. The minimum atomic E-state index is -0.613. The van der Waals surface area contributed by atoms with Crippen LogP contribution in [0.4, 0.5) is 0 Å². The number of hydrogen-bond donors (Lipinski definition) is 0. The molecule has 0 N–H and O–H groups in total. The summed E-state index contributed by atoms with van der Waals surface area (Å²) in [5, 5.41) is 0. The lowest BCUT2D eigenvalue weighted by Gasteiger charge is -2.29. The molecule has 322 valence electrons. The highest BCUT2D eigenvalue weighted by molar-refractivity contribution is 5.91. The van der Waals surface area contributed by atoms with Gasteiger partial charge < -0.3 is 9.47 Å². The molecule has 2 unspecified atom stereocenters. The van der Waals surface area contributed by atoms with E-state index in [1.165, 1.54) is 140 Å². The van der Waals surface area contributed by atoms with Crippen LogP contribution in [-0.2, 0) is 9.47 Å². The predicted octanol–water partition coefficient (Wildman–Crippen LogP) is 16.1. The second-order valence-electron chi connectivity index (χ2n) is 18.5. The average molecular weight is 811 g/mol. The van der Waals surface area contributed by atoms with Gasteiger partial charge in [0.1, 0.15) is 12.2 Å². The van der Waals surface area contributed by atoms with E-state index >= 15 is 0 Å². The van der Waals surface area contributed by atoms with Gasteiger partial charge in [0.2, 0.25) is 0 Å². The summed E-state index contributed by atoms with van der Waals surface area (Å²) in [6.07, 6.45) is 26.1. The molecule has 0 saturated heterocycles. The van der Waals surface area contributed by atoms with Crippen molar-refractivity contribution >= 4 is 11.9 Å². The van der Waals surface area contributed by atoms with E-state index < -0.39 is 24.1 Å². The molecule has 0 bridgehead atoms. The van der Waals surface area contributed by atoms with Crippen LogP contribution in [-0.4, -0.2) is 24.1 Å². The topological polar surface area (TPSA) is 52.6 Å². The first kappa shape index (κ1) is 45.3. The number of carbonyl (C=O) groups is 2. The van der Waals surface area contributed by atoms with Crippen LogP contribution in [0.15, 0.2) is 97.1 Å². The van der Waals surface area contributed by atoms with E-state index in [9.17, 15) is 9.59 Å². The van der Waals surface area contributed by atoms with Crippen molar-refractivity contribution in [2.45, 2.75) is 180 Å². The van der Waals surface area contributed by atoms with Crippen LogP contribution in [0.2, 0.25) is 0 Å². The van der Waals surface area contributed by atoms with E-state index in [4.69, 9.17) is 9.47 Å². The summed E-state index contributed by atoms with van der Waals surface area (Å²) >= 11 is 0. The smallest absolute Gasteiger partial charge is 0.338 e. The summed E-state index contributed by atoms with van der Waals surface area (Å²) in [4.78, 5) is 26.2. The van der Waals surface area contributed by atoms with Crippen LogP contribution in [0.25, 0.3) is 22.3 Å². The van der Waals surface area contributed by atoms with E-state index in [0.29, 0.717) is 23.0 Å². The Morgan fingerprint density at radius 2 is 0.733 bits per heavy atom. The van der Waals surface area contributed by atoms with Crippen molar-refractivity contribution in [1.82, 2.24) is 0 Å². The number of benzene rings is 4. The number of ether oxygens (including phenoxy) is 2. The molecule has 0 amide bonds. The zero-order valence-electron chi connectivity index (χ0n) is 37.5. The van der Waals surface area contributed by atoms with Crippen LogP contribution in [0.1, 0.15) is 200 Å². The molecule has 0 aliphatic heterocycles. The lowest BCUT2D eigenvalue weighted by molar-refractivity contribution is -0.0239.